The Hall–Kier alpha value is -0.950. The summed E-state index contributed by atoms with van der Waals surface area (Å²) in [5.41, 5.74) is 0.894. The highest BCUT2D eigenvalue weighted by Gasteiger charge is 2.29. The molecule has 6 heteroatoms. The molecule has 2 unspecified atom stereocenters. The Balaban J connectivity index is 1.97. The predicted octanol–water partition coefficient (Wildman–Crippen LogP) is 0.686. The van der Waals surface area contributed by atoms with E-state index < -0.39 is 16.1 Å². The van der Waals surface area contributed by atoms with Gasteiger partial charge in [-0.3, -0.25) is 4.90 Å². The van der Waals surface area contributed by atoms with Crippen molar-refractivity contribution in [1.29, 1.82) is 0 Å². The van der Waals surface area contributed by atoms with Crippen molar-refractivity contribution >= 4 is 10.0 Å². The lowest BCUT2D eigenvalue weighted by molar-refractivity contribution is 0.0402. The van der Waals surface area contributed by atoms with Gasteiger partial charge in [0.2, 0.25) is 10.0 Å². The van der Waals surface area contributed by atoms with Gasteiger partial charge < -0.3 is 5.11 Å². The van der Waals surface area contributed by atoms with Gasteiger partial charge in [0.25, 0.3) is 0 Å². The molecule has 0 bridgehead atoms. The van der Waals surface area contributed by atoms with Crippen molar-refractivity contribution in [3.8, 4) is 0 Å². The first kappa shape index (κ1) is 15.4. The summed E-state index contributed by atoms with van der Waals surface area (Å²) >= 11 is 0. The van der Waals surface area contributed by atoms with E-state index in [1.807, 2.05) is 37.3 Å². The number of benzene rings is 1. The van der Waals surface area contributed by atoms with Crippen molar-refractivity contribution in [3.05, 3.63) is 35.9 Å². The van der Waals surface area contributed by atoms with Crippen LogP contribution in [-0.2, 0) is 10.0 Å². The van der Waals surface area contributed by atoms with Crippen LogP contribution >= 0.6 is 0 Å². The topological polar surface area (TPSA) is 60.9 Å². The molecule has 2 atom stereocenters. The van der Waals surface area contributed by atoms with E-state index in [0.717, 1.165) is 5.56 Å². The van der Waals surface area contributed by atoms with Crippen molar-refractivity contribution < 1.29 is 13.5 Å². The highest BCUT2D eigenvalue weighted by atomic mass is 32.2. The second-order valence-electron chi connectivity index (χ2n) is 5.29. The van der Waals surface area contributed by atoms with E-state index in [4.69, 9.17) is 0 Å². The molecule has 0 amide bonds. The molecule has 112 valence electrons. The maximum Gasteiger partial charge on any atom is 0.211 e. The molecule has 1 heterocycles. The Morgan fingerprint density at radius 2 is 1.65 bits per heavy atom. The summed E-state index contributed by atoms with van der Waals surface area (Å²) in [6.45, 7) is 4.26. The van der Waals surface area contributed by atoms with Gasteiger partial charge in [-0.05, 0) is 12.5 Å². The average molecular weight is 298 g/mol. The van der Waals surface area contributed by atoms with E-state index in [2.05, 4.69) is 4.90 Å². The Morgan fingerprint density at radius 1 is 1.10 bits per heavy atom. The Kier molecular flexibility index (Phi) is 4.80. The van der Waals surface area contributed by atoms with Gasteiger partial charge in [0.15, 0.2) is 0 Å². The van der Waals surface area contributed by atoms with Crippen LogP contribution in [0.25, 0.3) is 0 Å². The SMILES string of the molecule is CC(C(O)c1ccccc1)N1CCN(S(C)(=O)=O)CC1. The van der Waals surface area contributed by atoms with Crippen LogP contribution in [0, 0.1) is 0 Å². The fourth-order valence-electron chi connectivity index (χ4n) is 2.57. The summed E-state index contributed by atoms with van der Waals surface area (Å²) in [5.74, 6) is 0. The molecule has 20 heavy (non-hydrogen) atoms. The lowest BCUT2D eigenvalue weighted by Gasteiger charge is -2.38. The summed E-state index contributed by atoms with van der Waals surface area (Å²) in [6.07, 6.45) is 0.686. The van der Waals surface area contributed by atoms with Crippen molar-refractivity contribution in [2.75, 3.05) is 32.4 Å². The maximum atomic E-state index is 11.5. The molecule has 1 aromatic rings. The molecule has 1 N–H and O–H groups in total. The smallest absolute Gasteiger partial charge is 0.211 e. The second kappa shape index (κ2) is 6.22. The van der Waals surface area contributed by atoms with Gasteiger partial charge in [-0.1, -0.05) is 30.3 Å². The third-order valence-electron chi connectivity index (χ3n) is 3.92. The van der Waals surface area contributed by atoms with Gasteiger partial charge in [-0.2, -0.15) is 4.31 Å². The summed E-state index contributed by atoms with van der Waals surface area (Å²) in [5, 5.41) is 10.4. The van der Waals surface area contributed by atoms with E-state index >= 15 is 0 Å². The molecule has 0 radical (unpaired) electrons. The van der Waals surface area contributed by atoms with E-state index in [9.17, 15) is 13.5 Å². The summed E-state index contributed by atoms with van der Waals surface area (Å²) < 4.78 is 24.4. The number of aliphatic hydroxyl groups is 1. The third-order valence-corrected chi connectivity index (χ3v) is 5.22. The molecule has 1 aliphatic heterocycles. The zero-order valence-electron chi connectivity index (χ0n) is 11.9. The molecule has 5 nitrogen and oxygen atoms in total. The van der Waals surface area contributed by atoms with Crippen LogP contribution in [0.1, 0.15) is 18.6 Å². The van der Waals surface area contributed by atoms with E-state index in [1.165, 1.54) is 10.6 Å². The molecule has 1 aliphatic rings. The molecule has 0 saturated carbocycles. The van der Waals surface area contributed by atoms with Gasteiger partial charge in [0.05, 0.1) is 12.4 Å². The van der Waals surface area contributed by atoms with Crippen LogP contribution in [0.5, 0.6) is 0 Å². The molecule has 0 spiro atoms. The first-order valence-corrected chi connectivity index (χ1v) is 8.66. The van der Waals surface area contributed by atoms with E-state index in [-0.39, 0.29) is 6.04 Å². The van der Waals surface area contributed by atoms with Crippen LogP contribution in [0.3, 0.4) is 0 Å². The van der Waals surface area contributed by atoms with Crippen molar-refractivity contribution in [2.24, 2.45) is 0 Å². The number of sulfonamides is 1. The lowest BCUT2D eigenvalue weighted by atomic mass is 10.0. The Labute approximate surface area is 120 Å². The van der Waals surface area contributed by atoms with Crippen molar-refractivity contribution in [3.63, 3.8) is 0 Å². The van der Waals surface area contributed by atoms with Gasteiger partial charge in [0, 0.05) is 32.2 Å². The van der Waals surface area contributed by atoms with E-state index in [0.29, 0.717) is 26.2 Å². The number of piperazine rings is 1. The number of hydrogen-bond acceptors (Lipinski definition) is 4. The maximum absolute atomic E-state index is 11.5. The van der Waals surface area contributed by atoms with Crippen molar-refractivity contribution in [2.45, 2.75) is 19.1 Å². The van der Waals surface area contributed by atoms with E-state index in [1.54, 1.807) is 0 Å². The quantitative estimate of drug-likeness (QED) is 0.888. The predicted molar refractivity (Wildman–Crippen MR) is 78.9 cm³/mol. The molecule has 1 saturated heterocycles. The molecule has 0 aromatic heterocycles. The Bertz CT molecular complexity index is 525. The summed E-state index contributed by atoms with van der Waals surface area (Å²) in [7, 11) is -3.10. The normalized spacial score (nSPS) is 21.6. The zero-order valence-corrected chi connectivity index (χ0v) is 12.8. The fourth-order valence-corrected chi connectivity index (χ4v) is 3.40. The summed E-state index contributed by atoms with van der Waals surface area (Å²) in [6, 6.07) is 9.53. The largest absolute Gasteiger partial charge is 0.387 e. The molecule has 2 rings (SSSR count). The molecular formula is C14H22N2O3S. The highest BCUT2D eigenvalue weighted by Crippen LogP contribution is 2.22. The van der Waals surface area contributed by atoms with Crippen LogP contribution in [0.15, 0.2) is 30.3 Å². The van der Waals surface area contributed by atoms with Gasteiger partial charge >= 0.3 is 0 Å². The molecule has 1 fully saturated rings. The first-order valence-electron chi connectivity index (χ1n) is 6.82. The minimum absolute atomic E-state index is 0.0286. The van der Waals surface area contributed by atoms with Gasteiger partial charge in [0.1, 0.15) is 0 Å². The number of nitrogens with zero attached hydrogens (tertiary/aromatic N) is 2. The van der Waals surface area contributed by atoms with Crippen LogP contribution in [0.2, 0.25) is 0 Å². The number of rotatable bonds is 4. The molecule has 1 aromatic carbocycles. The van der Waals surface area contributed by atoms with Crippen LogP contribution in [-0.4, -0.2) is 61.2 Å². The molecule has 0 aliphatic carbocycles. The van der Waals surface area contributed by atoms with Gasteiger partial charge in [-0.15, -0.1) is 0 Å². The summed E-state index contributed by atoms with van der Waals surface area (Å²) in [4.78, 5) is 2.14. The zero-order chi connectivity index (χ0) is 14.8. The fraction of sp³-hybridized carbons (Fsp3) is 0.571. The third kappa shape index (κ3) is 3.58. The minimum atomic E-state index is -3.10. The van der Waals surface area contributed by atoms with Crippen LogP contribution in [0.4, 0.5) is 0 Å². The van der Waals surface area contributed by atoms with Crippen LogP contribution < -0.4 is 0 Å². The average Bonchev–Trinajstić information content (AvgIpc) is 2.46. The second-order valence-corrected chi connectivity index (χ2v) is 7.28. The Morgan fingerprint density at radius 3 is 2.15 bits per heavy atom. The lowest BCUT2D eigenvalue weighted by Crippen LogP contribution is -2.52. The highest BCUT2D eigenvalue weighted by molar-refractivity contribution is 7.88. The van der Waals surface area contributed by atoms with Crippen molar-refractivity contribution in [1.82, 2.24) is 9.21 Å². The number of hydrogen-bond donors (Lipinski definition) is 1. The number of aliphatic hydroxyl groups excluding tert-OH is 1. The first-order chi connectivity index (χ1) is 9.39. The van der Waals surface area contributed by atoms with Gasteiger partial charge in [-0.25, -0.2) is 8.42 Å². The standard InChI is InChI=1S/C14H22N2O3S/c1-12(14(17)13-6-4-3-5-7-13)15-8-10-16(11-9-15)20(2,18)19/h3-7,12,14,17H,8-11H2,1-2H3. The minimum Gasteiger partial charge on any atom is -0.387 e. The monoisotopic (exact) mass is 298 g/mol. The molecular weight excluding hydrogens is 276 g/mol.